The summed E-state index contributed by atoms with van der Waals surface area (Å²) in [5.74, 6) is 0.826. The molecule has 0 amide bonds. The highest BCUT2D eigenvalue weighted by Gasteiger charge is 2.49. The lowest BCUT2D eigenvalue weighted by Crippen LogP contribution is -2.31. The second-order valence-corrected chi connectivity index (χ2v) is 14.1. The van der Waals surface area contributed by atoms with Gasteiger partial charge < -0.3 is 39.4 Å². The molecule has 3 aromatic rings. The Morgan fingerprint density at radius 3 is 2.16 bits per heavy atom. The number of hydrogen-bond donors (Lipinski definition) is 6. The Kier molecular flexibility index (Phi) is 13.0. The van der Waals surface area contributed by atoms with Gasteiger partial charge in [-0.3, -0.25) is 23.3 Å². The van der Waals surface area contributed by atoms with Crippen molar-refractivity contribution in [1.29, 1.82) is 0 Å². The molecule has 268 valence electrons. The normalized spacial score (nSPS) is 28.8. The molecular weight excluding hydrogens is 732 g/mol. The van der Waals surface area contributed by atoms with Gasteiger partial charge in [0.15, 0.2) is 53.4 Å². The Hall–Kier alpha value is -2.78. The minimum Gasteiger partial charge on any atom is -0.394 e. The molecule has 18 nitrogen and oxygen atoms in total. The van der Waals surface area contributed by atoms with Crippen molar-refractivity contribution in [2.45, 2.75) is 49.2 Å². The molecule has 5 heterocycles. The van der Waals surface area contributed by atoms with Crippen LogP contribution in [0.5, 0.6) is 0 Å². The molecule has 2 aliphatic rings. The van der Waals surface area contributed by atoms with Gasteiger partial charge in [0.05, 0.1) is 25.9 Å². The number of aliphatic hydroxyl groups excluding tert-OH is 2. The van der Waals surface area contributed by atoms with Crippen LogP contribution in [-0.4, -0.2) is 122 Å². The Morgan fingerprint density at radius 2 is 1.59 bits per heavy atom. The zero-order chi connectivity index (χ0) is 35.2. The lowest BCUT2D eigenvalue weighted by atomic mass is 10.1. The van der Waals surface area contributed by atoms with Gasteiger partial charge in [-0.15, -0.1) is 0 Å². The van der Waals surface area contributed by atoms with Crippen molar-refractivity contribution in [1.82, 2.24) is 34.4 Å². The van der Waals surface area contributed by atoms with Gasteiger partial charge in [0.1, 0.15) is 36.4 Å². The van der Waals surface area contributed by atoms with Crippen molar-refractivity contribution in [2.24, 2.45) is 9.98 Å². The summed E-state index contributed by atoms with van der Waals surface area (Å²) in [6, 6.07) is 0. The summed E-state index contributed by atoms with van der Waals surface area (Å²) in [4.78, 5) is 25.3. The highest BCUT2D eigenvalue weighted by molar-refractivity contribution is 8.39. The molecule has 0 aliphatic carbocycles. The van der Waals surface area contributed by atoms with Crippen molar-refractivity contribution >= 4 is 74.3 Å². The maximum absolute atomic E-state index is 15.3. The molecule has 49 heavy (non-hydrogen) atoms. The summed E-state index contributed by atoms with van der Waals surface area (Å²) < 4.78 is 77.6. The third-order valence-electron chi connectivity index (χ3n) is 7.58. The fraction of sp³-hybridized carbons (Fsp3) is 0.520. The van der Waals surface area contributed by atoms with E-state index in [1.54, 1.807) is 12.2 Å². The lowest BCUT2D eigenvalue weighted by molar-refractivity contribution is -0.0435. The first-order valence-corrected chi connectivity index (χ1v) is 19.7. The van der Waals surface area contributed by atoms with Crippen LogP contribution in [0.2, 0.25) is 0 Å². The van der Waals surface area contributed by atoms with Gasteiger partial charge in [0.25, 0.3) is 0 Å². The Balaban J connectivity index is 1.20. The van der Waals surface area contributed by atoms with E-state index in [1.807, 2.05) is 0 Å². The first kappa shape index (κ1) is 37.5. The van der Waals surface area contributed by atoms with Gasteiger partial charge in [0, 0.05) is 20.1 Å². The fourth-order valence-electron chi connectivity index (χ4n) is 5.42. The SMILES string of the molecule is C=Nc1c(/C(=N\C)NC/C=C/CNc2ncnc3c2ncn3[C@@H]2OC(CO)[C@@H](O[PH](=O)S)[C@H]2F)ncn1[C@@H]1O[C@H](CO)[C@@H](O[PH](=O)S)[C@H]1F. The molecule has 0 spiro atoms. The molecule has 0 saturated carbocycles. The maximum Gasteiger partial charge on any atom is 0.243 e. The minimum absolute atomic E-state index is 0.143. The van der Waals surface area contributed by atoms with Gasteiger partial charge in [0.2, 0.25) is 14.5 Å². The summed E-state index contributed by atoms with van der Waals surface area (Å²) in [5.41, 5.74) is 0.857. The van der Waals surface area contributed by atoms with Crippen molar-refractivity contribution in [3.63, 3.8) is 0 Å². The highest BCUT2D eigenvalue weighted by atomic mass is 32.7. The first-order chi connectivity index (χ1) is 23.6. The standard InChI is InChI=1S/C25H34F2N10O8P2S2/c1-28-20(16-22(29-2)36(10-34-16)24-14(26)18(44-46(40)48)12(7-38)42-24)30-5-3-4-6-31-21-17-23(33-9-32-21)37(11-35-17)25-15(27)19(45-47(41)49)13(8-39)43-25/h3-4,9-15,18-19,24-25,38-39,46-47H,2,5-8H2,1H3,(H,28,30)(H,40,48)(H,41,49)(H,31,32,33)/b4-3+/t12-,13?,14-,15-,18-,19-,24-,25-/m1/s1. The number of ether oxygens (including phenoxy) is 2. The molecule has 4 N–H and O–H groups in total. The molecular formula is C25H34F2N10O8P2S2. The van der Waals surface area contributed by atoms with E-state index in [0.29, 0.717) is 30.3 Å². The van der Waals surface area contributed by atoms with Crippen LogP contribution >= 0.6 is 39.0 Å². The quantitative estimate of drug-likeness (QED) is 0.0428. The molecule has 2 aliphatic heterocycles. The third kappa shape index (κ3) is 8.08. The van der Waals surface area contributed by atoms with E-state index in [1.165, 1.54) is 35.2 Å². The lowest BCUT2D eigenvalue weighted by Gasteiger charge is -2.17. The summed E-state index contributed by atoms with van der Waals surface area (Å²) in [6.45, 7) is 3.03. The fourth-order valence-corrected chi connectivity index (χ4v) is 7.18. The molecule has 10 atom stereocenters. The van der Waals surface area contributed by atoms with E-state index < -0.39 is 76.9 Å². The number of hydrogen-bond acceptors (Lipinski definition) is 15. The number of aromatic nitrogens is 6. The zero-order valence-electron chi connectivity index (χ0n) is 25.6. The van der Waals surface area contributed by atoms with Crippen LogP contribution in [0.3, 0.4) is 0 Å². The summed E-state index contributed by atoms with van der Waals surface area (Å²) in [7, 11) is -4.08. The number of nitrogens with one attached hydrogen (secondary N) is 2. The van der Waals surface area contributed by atoms with Crippen molar-refractivity contribution in [2.75, 3.05) is 38.7 Å². The molecule has 5 rings (SSSR count). The molecule has 3 aromatic heterocycles. The number of rotatable bonds is 15. The Morgan fingerprint density at radius 1 is 1.00 bits per heavy atom. The second-order valence-electron chi connectivity index (χ2n) is 10.4. The number of aliphatic hydroxyl groups is 2. The predicted octanol–water partition coefficient (Wildman–Crippen LogP) is 1.85. The highest BCUT2D eigenvalue weighted by Crippen LogP contribution is 2.43. The number of halogens is 2. The van der Waals surface area contributed by atoms with E-state index in [0.717, 1.165) is 0 Å². The number of aliphatic imine (C=N–C) groups is 2. The molecule has 3 unspecified atom stereocenters. The van der Waals surface area contributed by atoms with Crippen LogP contribution in [0.1, 0.15) is 18.1 Å². The second kappa shape index (κ2) is 17.0. The molecule has 2 saturated heterocycles. The predicted molar refractivity (Wildman–Crippen MR) is 182 cm³/mol. The van der Waals surface area contributed by atoms with E-state index in [4.69, 9.17) is 18.5 Å². The van der Waals surface area contributed by atoms with Crippen molar-refractivity contribution in [3.8, 4) is 0 Å². The van der Waals surface area contributed by atoms with Gasteiger partial charge in [-0.25, -0.2) is 33.7 Å². The van der Waals surface area contributed by atoms with E-state index >= 15 is 8.78 Å². The Labute approximate surface area is 289 Å². The van der Waals surface area contributed by atoms with Crippen LogP contribution in [0.25, 0.3) is 11.2 Å². The zero-order valence-corrected chi connectivity index (χ0v) is 29.4. The number of imidazole rings is 2. The number of thiol groups is 2. The number of anilines is 1. The summed E-state index contributed by atoms with van der Waals surface area (Å²) in [5, 5.41) is 25.4. The first-order valence-electron chi connectivity index (χ1n) is 14.5. The van der Waals surface area contributed by atoms with Crippen LogP contribution in [0.4, 0.5) is 20.4 Å². The number of alkyl halides is 2. The third-order valence-corrected chi connectivity index (χ3v) is 9.16. The minimum atomic E-state index is -2.81. The van der Waals surface area contributed by atoms with Crippen molar-refractivity contribution in [3.05, 3.63) is 36.8 Å². The Bertz CT molecular complexity index is 1740. The molecule has 0 aromatic carbocycles. The van der Waals surface area contributed by atoms with Gasteiger partial charge in [-0.05, 0) is 6.72 Å². The number of amidine groups is 1. The van der Waals surface area contributed by atoms with Crippen LogP contribution in [0.15, 0.2) is 41.1 Å². The smallest absolute Gasteiger partial charge is 0.243 e. The molecule has 0 radical (unpaired) electrons. The molecule has 0 bridgehead atoms. The topological polar surface area (TPSA) is 222 Å². The average molecular weight is 767 g/mol. The van der Waals surface area contributed by atoms with Gasteiger partial charge in [-0.2, -0.15) is 0 Å². The van der Waals surface area contributed by atoms with Crippen LogP contribution < -0.4 is 10.6 Å². The van der Waals surface area contributed by atoms with Crippen LogP contribution in [-0.2, 0) is 27.7 Å². The van der Waals surface area contributed by atoms with E-state index in [2.05, 4.69) is 71.8 Å². The van der Waals surface area contributed by atoms with E-state index in [-0.39, 0.29) is 17.2 Å². The average Bonchev–Trinajstić information content (AvgIpc) is 3.85. The monoisotopic (exact) mass is 766 g/mol. The van der Waals surface area contributed by atoms with Crippen LogP contribution in [0, 0.1) is 0 Å². The largest absolute Gasteiger partial charge is 0.394 e. The van der Waals surface area contributed by atoms with Gasteiger partial charge in [-0.1, -0.05) is 36.6 Å². The van der Waals surface area contributed by atoms with E-state index in [9.17, 15) is 19.3 Å². The van der Waals surface area contributed by atoms with Gasteiger partial charge >= 0.3 is 0 Å². The number of fused-ring (bicyclic) bond motifs is 1. The summed E-state index contributed by atoms with van der Waals surface area (Å²) in [6.07, 6.45) is -3.39. The van der Waals surface area contributed by atoms with Crippen molar-refractivity contribution < 1.29 is 46.6 Å². The number of nitrogens with zero attached hydrogens (tertiary/aromatic N) is 8. The molecule has 24 heteroatoms. The molecule has 2 fully saturated rings. The summed E-state index contributed by atoms with van der Waals surface area (Å²) >= 11 is 7.42. The maximum atomic E-state index is 15.3.